The van der Waals surface area contributed by atoms with Crippen LogP contribution in [0.3, 0.4) is 0 Å². The SMILES string of the molecule is CC(NC(=O)CN1CCC(C(=O)O)C1)c1ccccc1. The number of aliphatic carboxylic acids is 1. The molecule has 0 aromatic heterocycles. The van der Waals surface area contributed by atoms with Crippen LogP contribution in [0.4, 0.5) is 0 Å². The van der Waals surface area contributed by atoms with Crippen LogP contribution in [-0.4, -0.2) is 41.5 Å². The second kappa shape index (κ2) is 6.52. The van der Waals surface area contributed by atoms with Gasteiger partial charge in [0.25, 0.3) is 0 Å². The van der Waals surface area contributed by atoms with Gasteiger partial charge >= 0.3 is 5.97 Å². The third-order valence-corrected chi connectivity index (χ3v) is 3.67. The number of hydrogen-bond donors (Lipinski definition) is 2. The van der Waals surface area contributed by atoms with Gasteiger partial charge in [0.2, 0.25) is 5.91 Å². The highest BCUT2D eigenvalue weighted by Crippen LogP contribution is 2.16. The van der Waals surface area contributed by atoms with Gasteiger partial charge in [0.15, 0.2) is 0 Å². The molecule has 2 N–H and O–H groups in total. The fourth-order valence-electron chi connectivity index (χ4n) is 2.49. The van der Waals surface area contributed by atoms with Crippen LogP contribution in [0.2, 0.25) is 0 Å². The lowest BCUT2D eigenvalue weighted by atomic mass is 10.1. The third-order valence-electron chi connectivity index (χ3n) is 3.67. The number of amides is 1. The van der Waals surface area contributed by atoms with E-state index in [0.717, 1.165) is 5.56 Å². The van der Waals surface area contributed by atoms with E-state index in [2.05, 4.69) is 5.32 Å². The maximum atomic E-state index is 12.0. The van der Waals surface area contributed by atoms with Gasteiger partial charge in [-0.05, 0) is 25.5 Å². The molecule has 1 aliphatic rings. The Balaban J connectivity index is 1.80. The largest absolute Gasteiger partial charge is 0.481 e. The normalized spacial score (nSPS) is 20.6. The Labute approximate surface area is 118 Å². The molecule has 2 unspecified atom stereocenters. The molecule has 108 valence electrons. The Morgan fingerprint density at radius 1 is 1.40 bits per heavy atom. The third kappa shape index (κ3) is 3.81. The minimum atomic E-state index is -0.773. The fourth-order valence-corrected chi connectivity index (χ4v) is 2.49. The molecule has 0 radical (unpaired) electrons. The molecule has 1 aromatic rings. The van der Waals surface area contributed by atoms with E-state index in [-0.39, 0.29) is 24.4 Å². The maximum absolute atomic E-state index is 12.0. The maximum Gasteiger partial charge on any atom is 0.307 e. The van der Waals surface area contributed by atoms with Crippen molar-refractivity contribution in [1.29, 1.82) is 0 Å². The standard InChI is InChI=1S/C15H20N2O3/c1-11(12-5-3-2-4-6-12)16-14(18)10-17-8-7-13(9-17)15(19)20/h2-6,11,13H,7-10H2,1H3,(H,16,18)(H,19,20). The zero-order chi connectivity index (χ0) is 14.5. The van der Waals surface area contributed by atoms with Gasteiger partial charge < -0.3 is 10.4 Å². The first-order chi connectivity index (χ1) is 9.56. The van der Waals surface area contributed by atoms with Crippen LogP contribution < -0.4 is 5.32 Å². The molecule has 0 aliphatic carbocycles. The number of nitrogens with one attached hydrogen (secondary N) is 1. The van der Waals surface area contributed by atoms with Crippen molar-refractivity contribution in [3.8, 4) is 0 Å². The smallest absolute Gasteiger partial charge is 0.307 e. The molecule has 20 heavy (non-hydrogen) atoms. The molecule has 1 heterocycles. The molecule has 2 rings (SSSR count). The summed E-state index contributed by atoms with van der Waals surface area (Å²) in [6, 6.07) is 9.73. The number of hydrogen-bond acceptors (Lipinski definition) is 3. The van der Waals surface area contributed by atoms with E-state index in [4.69, 9.17) is 5.11 Å². The average molecular weight is 276 g/mol. The number of carboxylic acids is 1. The molecule has 1 aliphatic heterocycles. The topological polar surface area (TPSA) is 69.6 Å². The molecule has 0 bridgehead atoms. The van der Waals surface area contributed by atoms with E-state index in [0.29, 0.717) is 19.5 Å². The number of likely N-dealkylation sites (tertiary alicyclic amines) is 1. The second-order valence-corrected chi connectivity index (χ2v) is 5.26. The molecule has 0 spiro atoms. The zero-order valence-corrected chi connectivity index (χ0v) is 11.6. The molecule has 1 fully saturated rings. The molecule has 5 heteroatoms. The molecule has 1 amide bonds. The van der Waals surface area contributed by atoms with Crippen molar-refractivity contribution in [2.45, 2.75) is 19.4 Å². The second-order valence-electron chi connectivity index (χ2n) is 5.26. The van der Waals surface area contributed by atoms with Crippen LogP contribution in [0.15, 0.2) is 30.3 Å². The summed E-state index contributed by atoms with van der Waals surface area (Å²) in [6.07, 6.45) is 0.622. The monoisotopic (exact) mass is 276 g/mol. The first-order valence-electron chi connectivity index (χ1n) is 6.85. The fraction of sp³-hybridized carbons (Fsp3) is 0.467. The summed E-state index contributed by atoms with van der Waals surface area (Å²) >= 11 is 0. The number of carbonyl (C=O) groups excluding carboxylic acids is 1. The highest BCUT2D eigenvalue weighted by Gasteiger charge is 2.29. The molecule has 0 saturated carbocycles. The van der Waals surface area contributed by atoms with E-state index in [9.17, 15) is 9.59 Å². The van der Waals surface area contributed by atoms with E-state index < -0.39 is 5.97 Å². The number of nitrogens with zero attached hydrogens (tertiary/aromatic N) is 1. The summed E-state index contributed by atoms with van der Waals surface area (Å²) < 4.78 is 0. The van der Waals surface area contributed by atoms with Gasteiger partial charge in [-0.1, -0.05) is 30.3 Å². The van der Waals surface area contributed by atoms with Crippen molar-refractivity contribution in [2.75, 3.05) is 19.6 Å². The first-order valence-corrected chi connectivity index (χ1v) is 6.85. The highest BCUT2D eigenvalue weighted by molar-refractivity contribution is 5.78. The predicted octanol–water partition coefficient (Wildman–Crippen LogP) is 1.27. The Bertz CT molecular complexity index is 475. The van der Waals surface area contributed by atoms with Gasteiger partial charge in [-0.3, -0.25) is 14.5 Å². The van der Waals surface area contributed by atoms with Crippen molar-refractivity contribution in [1.82, 2.24) is 10.2 Å². The lowest BCUT2D eigenvalue weighted by Gasteiger charge is -2.18. The van der Waals surface area contributed by atoms with Crippen LogP contribution >= 0.6 is 0 Å². The molecule has 2 atom stereocenters. The van der Waals surface area contributed by atoms with Crippen LogP contribution in [0.25, 0.3) is 0 Å². The number of carboxylic acid groups (broad SMARTS) is 1. The summed E-state index contributed by atoms with van der Waals surface area (Å²) in [4.78, 5) is 24.7. The minimum absolute atomic E-state index is 0.0402. The molecular formula is C15H20N2O3. The first kappa shape index (κ1) is 14.5. The number of rotatable bonds is 5. The molecule has 1 saturated heterocycles. The van der Waals surface area contributed by atoms with Crippen LogP contribution in [-0.2, 0) is 9.59 Å². The van der Waals surface area contributed by atoms with Crippen molar-refractivity contribution in [2.24, 2.45) is 5.92 Å². The summed E-state index contributed by atoms with van der Waals surface area (Å²) in [6.45, 7) is 3.34. The van der Waals surface area contributed by atoms with E-state index >= 15 is 0 Å². The van der Waals surface area contributed by atoms with Gasteiger partial charge in [0.05, 0.1) is 18.5 Å². The van der Waals surface area contributed by atoms with Gasteiger partial charge in [0.1, 0.15) is 0 Å². The number of benzene rings is 1. The van der Waals surface area contributed by atoms with Crippen LogP contribution in [0.5, 0.6) is 0 Å². The summed E-state index contributed by atoms with van der Waals surface area (Å²) in [7, 11) is 0. The minimum Gasteiger partial charge on any atom is -0.481 e. The lowest BCUT2D eigenvalue weighted by Crippen LogP contribution is -2.37. The Morgan fingerprint density at radius 2 is 2.10 bits per heavy atom. The van der Waals surface area contributed by atoms with Gasteiger partial charge in [-0.15, -0.1) is 0 Å². The Morgan fingerprint density at radius 3 is 2.70 bits per heavy atom. The van der Waals surface area contributed by atoms with E-state index in [1.54, 1.807) is 0 Å². The predicted molar refractivity (Wildman–Crippen MR) is 75.2 cm³/mol. The summed E-state index contributed by atoms with van der Waals surface area (Å²) in [5.74, 6) is -1.17. The van der Waals surface area contributed by atoms with Crippen molar-refractivity contribution in [3.63, 3.8) is 0 Å². The van der Waals surface area contributed by atoms with Crippen LogP contribution in [0.1, 0.15) is 24.9 Å². The van der Waals surface area contributed by atoms with Gasteiger partial charge in [-0.2, -0.15) is 0 Å². The van der Waals surface area contributed by atoms with Gasteiger partial charge in [-0.25, -0.2) is 0 Å². The highest BCUT2D eigenvalue weighted by atomic mass is 16.4. The zero-order valence-electron chi connectivity index (χ0n) is 11.6. The van der Waals surface area contributed by atoms with Crippen molar-refractivity contribution in [3.05, 3.63) is 35.9 Å². The molecule has 1 aromatic carbocycles. The van der Waals surface area contributed by atoms with E-state index in [1.807, 2.05) is 42.2 Å². The quantitative estimate of drug-likeness (QED) is 0.849. The average Bonchev–Trinajstić information content (AvgIpc) is 2.88. The Hall–Kier alpha value is -1.88. The number of carbonyl (C=O) groups is 2. The van der Waals surface area contributed by atoms with Crippen LogP contribution in [0, 0.1) is 5.92 Å². The van der Waals surface area contributed by atoms with E-state index in [1.165, 1.54) is 0 Å². The summed E-state index contributed by atoms with van der Waals surface area (Å²) in [5, 5.41) is 11.9. The molecule has 5 nitrogen and oxygen atoms in total. The summed E-state index contributed by atoms with van der Waals surface area (Å²) in [5.41, 5.74) is 1.06. The van der Waals surface area contributed by atoms with Crippen molar-refractivity contribution >= 4 is 11.9 Å². The lowest BCUT2D eigenvalue weighted by molar-refractivity contribution is -0.141. The van der Waals surface area contributed by atoms with Crippen molar-refractivity contribution < 1.29 is 14.7 Å². The Kier molecular flexibility index (Phi) is 4.74. The molecular weight excluding hydrogens is 256 g/mol. The van der Waals surface area contributed by atoms with Gasteiger partial charge in [0, 0.05) is 6.54 Å².